The predicted octanol–water partition coefficient (Wildman–Crippen LogP) is 3.88. The molecule has 0 saturated carbocycles. The van der Waals surface area contributed by atoms with E-state index in [-0.39, 0.29) is 26.1 Å². The molecule has 0 spiro atoms. The molecule has 0 amide bonds. The fourth-order valence-corrected chi connectivity index (χ4v) is 4.01. The van der Waals surface area contributed by atoms with Gasteiger partial charge in [-0.25, -0.2) is 0 Å². The Kier molecular flexibility index (Phi) is 10.7. The Morgan fingerprint density at radius 2 is 1.56 bits per heavy atom. The van der Waals surface area contributed by atoms with Crippen LogP contribution in [0.5, 0.6) is 0 Å². The summed E-state index contributed by atoms with van der Waals surface area (Å²) in [4.78, 5) is 13.1. The molecule has 4 rings (SSSR count). The van der Waals surface area contributed by atoms with Crippen molar-refractivity contribution >= 4 is 5.78 Å². The number of halogens is 6. The van der Waals surface area contributed by atoms with Crippen molar-refractivity contribution in [3.8, 4) is 0 Å². The molecule has 1 N–H and O–H groups in total. The van der Waals surface area contributed by atoms with Crippen molar-refractivity contribution in [3.05, 3.63) is 11.8 Å². The van der Waals surface area contributed by atoms with E-state index in [2.05, 4.69) is 20.4 Å². The number of carbonyl (C=O) groups excluding carboxylic acids is 1. The number of Topliss-reactive ketones (excluding diaryl/α,β-unsaturated/α-hetero) is 1. The number of hydrogen-bond donors (Lipinski definition) is 1. The highest BCUT2D eigenvalue weighted by Gasteiger charge is 2.52. The Hall–Kier alpha value is -1.37. The molecule has 0 aliphatic carbocycles. The maximum atomic E-state index is 12.2. The lowest BCUT2D eigenvalue weighted by atomic mass is 9.85. The van der Waals surface area contributed by atoms with E-state index in [1.807, 2.05) is 0 Å². The van der Waals surface area contributed by atoms with Crippen LogP contribution in [0.1, 0.15) is 39.0 Å². The molecule has 198 valence electrons. The maximum Gasteiger partial charge on any atom is 0.400 e. The molecule has 12 heteroatoms. The maximum absolute atomic E-state index is 12.2. The molecule has 3 saturated heterocycles. The Morgan fingerprint density at radius 3 is 2.00 bits per heavy atom. The lowest BCUT2D eigenvalue weighted by Gasteiger charge is -2.37. The lowest BCUT2D eigenvalue weighted by molar-refractivity contribution is -0.254. The van der Waals surface area contributed by atoms with Crippen LogP contribution < -0.4 is 0 Å². The zero-order valence-corrected chi connectivity index (χ0v) is 19.2. The van der Waals surface area contributed by atoms with Gasteiger partial charge in [0.1, 0.15) is 17.6 Å². The van der Waals surface area contributed by atoms with Gasteiger partial charge in [0.25, 0.3) is 0 Å². The van der Waals surface area contributed by atoms with Gasteiger partial charge in [-0.05, 0) is 32.3 Å². The van der Waals surface area contributed by atoms with Gasteiger partial charge in [0.15, 0.2) is 0 Å². The smallest absolute Gasteiger partial charge is 0.389 e. The van der Waals surface area contributed by atoms with Crippen LogP contribution in [-0.2, 0) is 19.0 Å². The minimum Gasteiger partial charge on any atom is -0.389 e. The second-order valence-electron chi connectivity index (χ2n) is 8.88. The van der Waals surface area contributed by atoms with Crippen molar-refractivity contribution in [2.75, 3.05) is 52.7 Å². The SMILES string of the molecule is C1=C(N2CCCC2)CCOC1.CC1(O)CCOCC1C(F)(F)F.O=C1CCOCC1C(F)(F)F. The van der Waals surface area contributed by atoms with Crippen molar-refractivity contribution in [2.24, 2.45) is 11.8 Å². The van der Waals surface area contributed by atoms with E-state index >= 15 is 0 Å². The quantitative estimate of drug-likeness (QED) is 0.546. The highest BCUT2D eigenvalue weighted by Crippen LogP contribution is 2.38. The van der Waals surface area contributed by atoms with Crippen LogP contribution in [0.3, 0.4) is 0 Å². The molecule has 4 heterocycles. The minimum absolute atomic E-state index is 0.0389. The van der Waals surface area contributed by atoms with Gasteiger partial charge in [-0.1, -0.05) is 0 Å². The first-order valence-electron chi connectivity index (χ1n) is 11.4. The second-order valence-corrected chi connectivity index (χ2v) is 8.88. The number of ketones is 1. The summed E-state index contributed by atoms with van der Waals surface area (Å²) < 4.78 is 86.7. The molecule has 0 aromatic rings. The summed E-state index contributed by atoms with van der Waals surface area (Å²) in [6.07, 6.45) is -2.78. The monoisotopic (exact) mass is 505 g/mol. The Bertz CT molecular complexity index is 674. The van der Waals surface area contributed by atoms with E-state index in [9.17, 15) is 36.2 Å². The van der Waals surface area contributed by atoms with E-state index in [0.29, 0.717) is 0 Å². The van der Waals surface area contributed by atoms with Gasteiger partial charge in [0.05, 0.1) is 38.6 Å². The van der Waals surface area contributed by atoms with Crippen LogP contribution in [-0.4, -0.2) is 86.5 Å². The van der Waals surface area contributed by atoms with Gasteiger partial charge >= 0.3 is 12.4 Å². The molecule has 6 nitrogen and oxygen atoms in total. The third-order valence-electron chi connectivity index (χ3n) is 6.20. The van der Waals surface area contributed by atoms with Crippen LogP contribution in [0, 0.1) is 11.8 Å². The van der Waals surface area contributed by atoms with Crippen molar-refractivity contribution in [2.45, 2.75) is 57.0 Å². The Morgan fingerprint density at radius 1 is 0.941 bits per heavy atom. The van der Waals surface area contributed by atoms with Crippen LogP contribution in [0.15, 0.2) is 11.8 Å². The van der Waals surface area contributed by atoms with Crippen LogP contribution in [0.4, 0.5) is 26.3 Å². The number of likely N-dealkylation sites (tertiary alicyclic amines) is 1. The molecule has 4 aliphatic rings. The molecule has 0 radical (unpaired) electrons. The third kappa shape index (κ3) is 9.01. The second kappa shape index (κ2) is 12.5. The topological polar surface area (TPSA) is 68.2 Å². The number of aliphatic hydroxyl groups is 1. The van der Waals surface area contributed by atoms with Crippen molar-refractivity contribution in [3.63, 3.8) is 0 Å². The highest BCUT2D eigenvalue weighted by molar-refractivity contribution is 5.82. The van der Waals surface area contributed by atoms with Gasteiger partial charge in [-0.2, -0.15) is 26.3 Å². The number of carbonyl (C=O) groups is 1. The summed E-state index contributed by atoms with van der Waals surface area (Å²) in [5, 5.41) is 9.37. The normalized spacial score (nSPS) is 30.5. The Balaban J connectivity index is 0.000000180. The number of rotatable bonds is 1. The summed E-state index contributed by atoms with van der Waals surface area (Å²) in [6.45, 7) is 4.85. The summed E-state index contributed by atoms with van der Waals surface area (Å²) in [5.74, 6) is -4.40. The van der Waals surface area contributed by atoms with Crippen molar-refractivity contribution in [1.82, 2.24) is 4.90 Å². The summed E-state index contributed by atoms with van der Waals surface area (Å²) >= 11 is 0. The number of ether oxygens (including phenoxy) is 3. The first kappa shape index (κ1) is 28.9. The molecular weight excluding hydrogens is 472 g/mol. The Labute approximate surface area is 195 Å². The van der Waals surface area contributed by atoms with Crippen LogP contribution in [0.2, 0.25) is 0 Å². The molecule has 3 atom stereocenters. The molecular formula is C22H33F6NO5. The number of alkyl halides is 6. The average molecular weight is 505 g/mol. The average Bonchev–Trinajstić information content (AvgIpc) is 3.29. The van der Waals surface area contributed by atoms with Gasteiger partial charge in [0.2, 0.25) is 0 Å². The van der Waals surface area contributed by atoms with Crippen molar-refractivity contribution < 1.29 is 50.5 Å². The zero-order chi connectivity index (χ0) is 25.4. The van der Waals surface area contributed by atoms with Gasteiger partial charge < -0.3 is 24.2 Å². The predicted molar refractivity (Wildman–Crippen MR) is 110 cm³/mol. The molecule has 0 aromatic carbocycles. The van der Waals surface area contributed by atoms with E-state index < -0.39 is 48.8 Å². The van der Waals surface area contributed by atoms with E-state index in [0.717, 1.165) is 19.6 Å². The van der Waals surface area contributed by atoms with E-state index in [1.54, 1.807) is 0 Å². The molecule has 34 heavy (non-hydrogen) atoms. The first-order valence-corrected chi connectivity index (χ1v) is 11.4. The van der Waals surface area contributed by atoms with E-state index in [1.165, 1.54) is 38.6 Å². The third-order valence-corrected chi connectivity index (χ3v) is 6.20. The summed E-state index contributed by atoms with van der Waals surface area (Å²) in [6, 6.07) is 0. The number of nitrogens with zero attached hydrogens (tertiary/aromatic N) is 1. The largest absolute Gasteiger partial charge is 0.400 e. The molecule has 3 fully saturated rings. The standard InChI is InChI=1S/C9H15NO.C7H11F3O2.C6H7F3O2/c1-2-6-10(5-1)9-3-7-11-8-4-9;1-6(11)2-3-12-4-5(6)7(8,9)10;7-6(8,9)4-3-11-2-1-5(4)10/h3H,1-2,4-8H2;5,11H,2-4H2,1H3;4H,1-3H2. The molecule has 0 bridgehead atoms. The highest BCUT2D eigenvalue weighted by atomic mass is 19.4. The summed E-state index contributed by atoms with van der Waals surface area (Å²) in [5.41, 5.74) is -0.148. The lowest BCUT2D eigenvalue weighted by Crippen LogP contribution is -2.50. The van der Waals surface area contributed by atoms with Gasteiger partial charge in [-0.3, -0.25) is 4.79 Å². The first-order chi connectivity index (χ1) is 15.8. The fraction of sp³-hybridized carbons (Fsp3) is 0.864. The van der Waals surface area contributed by atoms with Gasteiger partial charge in [0, 0.05) is 38.2 Å². The zero-order valence-electron chi connectivity index (χ0n) is 19.2. The van der Waals surface area contributed by atoms with Crippen LogP contribution in [0.25, 0.3) is 0 Å². The van der Waals surface area contributed by atoms with Crippen LogP contribution >= 0.6 is 0 Å². The molecule has 0 aromatic heterocycles. The van der Waals surface area contributed by atoms with E-state index in [4.69, 9.17) is 4.74 Å². The number of hydrogen-bond acceptors (Lipinski definition) is 6. The molecule has 3 unspecified atom stereocenters. The van der Waals surface area contributed by atoms with Crippen molar-refractivity contribution in [1.29, 1.82) is 0 Å². The minimum atomic E-state index is -4.43. The van der Waals surface area contributed by atoms with Gasteiger partial charge in [-0.15, -0.1) is 0 Å². The summed E-state index contributed by atoms with van der Waals surface area (Å²) in [7, 11) is 0. The molecule has 4 aliphatic heterocycles. The fourth-order valence-electron chi connectivity index (χ4n) is 4.01.